The van der Waals surface area contributed by atoms with E-state index in [4.69, 9.17) is 16.3 Å². The van der Waals surface area contributed by atoms with Crippen LogP contribution in [0.1, 0.15) is 19.5 Å². The number of rotatable bonds is 5. The van der Waals surface area contributed by atoms with Crippen molar-refractivity contribution in [2.45, 2.75) is 20.8 Å². The van der Waals surface area contributed by atoms with Crippen LogP contribution in [0, 0.1) is 6.92 Å². The first-order valence-electron chi connectivity index (χ1n) is 6.40. The molecule has 0 aliphatic carbocycles. The number of nitrogens with zero attached hydrogens (tertiary/aromatic N) is 5. The number of halogens is 1. The Hall–Kier alpha value is -1.95. The first kappa shape index (κ1) is 14.5. The lowest BCUT2D eigenvalue weighted by molar-refractivity contribution is 0.433. The predicted molar refractivity (Wildman–Crippen MR) is 77.4 cm³/mol. The van der Waals surface area contributed by atoms with Gasteiger partial charge in [-0.15, -0.1) is 0 Å². The Morgan fingerprint density at radius 1 is 1.20 bits per heavy atom. The van der Waals surface area contributed by atoms with Crippen molar-refractivity contribution in [3.05, 3.63) is 29.3 Å². The van der Waals surface area contributed by atoms with Crippen molar-refractivity contribution in [3.63, 3.8) is 0 Å². The summed E-state index contributed by atoms with van der Waals surface area (Å²) >= 11 is 5.93. The third kappa shape index (κ3) is 3.33. The van der Waals surface area contributed by atoms with Gasteiger partial charge in [0.05, 0.1) is 5.69 Å². The second kappa shape index (κ2) is 6.47. The third-order valence-electron chi connectivity index (χ3n) is 2.78. The van der Waals surface area contributed by atoms with Crippen molar-refractivity contribution >= 4 is 17.5 Å². The van der Waals surface area contributed by atoms with E-state index in [0.717, 1.165) is 18.8 Å². The molecule has 0 radical (unpaired) electrons. The van der Waals surface area contributed by atoms with Gasteiger partial charge in [0.1, 0.15) is 0 Å². The van der Waals surface area contributed by atoms with Crippen LogP contribution in [0.4, 0.5) is 5.95 Å². The molecule has 0 aromatic carbocycles. The molecule has 0 bridgehead atoms. The molecule has 0 saturated heterocycles. The summed E-state index contributed by atoms with van der Waals surface area (Å²) in [4.78, 5) is 18.5. The number of pyridine rings is 1. The van der Waals surface area contributed by atoms with Gasteiger partial charge in [0, 0.05) is 19.3 Å². The summed E-state index contributed by atoms with van der Waals surface area (Å²) in [5, 5.41) is 0.110. The minimum atomic E-state index is 0.110. The number of hydrogen-bond acceptors (Lipinski definition) is 6. The van der Waals surface area contributed by atoms with E-state index in [-0.39, 0.29) is 11.3 Å². The topological polar surface area (TPSA) is 64.0 Å². The normalized spacial score (nSPS) is 10.4. The number of aryl methyl sites for hydroxylation is 1. The largest absolute Gasteiger partial charge is 0.422 e. The van der Waals surface area contributed by atoms with Gasteiger partial charge in [-0.1, -0.05) is 0 Å². The lowest BCUT2D eigenvalue weighted by Gasteiger charge is -2.18. The molecule has 0 fully saturated rings. The van der Waals surface area contributed by atoms with Gasteiger partial charge >= 0.3 is 6.01 Å². The Balaban J connectivity index is 2.31. The van der Waals surface area contributed by atoms with Crippen LogP contribution in [0.3, 0.4) is 0 Å². The zero-order chi connectivity index (χ0) is 14.5. The van der Waals surface area contributed by atoms with Crippen molar-refractivity contribution in [1.29, 1.82) is 0 Å². The zero-order valence-corrected chi connectivity index (χ0v) is 12.4. The molecule has 20 heavy (non-hydrogen) atoms. The van der Waals surface area contributed by atoms with Crippen LogP contribution >= 0.6 is 11.6 Å². The van der Waals surface area contributed by atoms with Crippen LogP contribution in [-0.2, 0) is 0 Å². The molecule has 0 unspecified atom stereocenters. The van der Waals surface area contributed by atoms with Gasteiger partial charge in [0.2, 0.25) is 11.2 Å². The number of anilines is 1. The molecular weight excluding hydrogens is 278 g/mol. The average Bonchev–Trinajstić information content (AvgIpc) is 2.42. The molecule has 0 aliphatic heterocycles. The van der Waals surface area contributed by atoms with Crippen molar-refractivity contribution in [1.82, 2.24) is 19.9 Å². The molecule has 2 heterocycles. The molecule has 106 valence electrons. The molecule has 0 amide bonds. The van der Waals surface area contributed by atoms with Crippen molar-refractivity contribution in [3.8, 4) is 11.8 Å². The molecule has 6 nitrogen and oxygen atoms in total. The molecule has 2 rings (SSSR count). The molecule has 0 atom stereocenters. The second-order valence-corrected chi connectivity index (χ2v) is 4.39. The summed E-state index contributed by atoms with van der Waals surface area (Å²) in [5.41, 5.74) is 0.758. The van der Waals surface area contributed by atoms with Crippen LogP contribution in [0.2, 0.25) is 5.28 Å². The van der Waals surface area contributed by atoms with E-state index < -0.39 is 0 Å². The van der Waals surface area contributed by atoms with E-state index in [1.165, 1.54) is 0 Å². The Morgan fingerprint density at radius 3 is 2.60 bits per heavy atom. The van der Waals surface area contributed by atoms with Gasteiger partial charge in [-0.3, -0.25) is 4.98 Å². The molecule has 0 saturated carbocycles. The van der Waals surface area contributed by atoms with Crippen LogP contribution < -0.4 is 9.64 Å². The molecular formula is C13H16ClN5O. The lowest BCUT2D eigenvalue weighted by atomic mass is 10.3. The Labute approximate surface area is 122 Å². The van der Waals surface area contributed by atoms with Crippen molar-refractivity contribution < 1.29 is 4.74 Å². The van der Waals surface area contributed by atoms with Gasteiger partial charge in [-0.2, -0.15) is 15.0 Å². The maximum absolute atomic E-state index is 5.93. The standard InChI is InChI=1S/C13H16ClN5O/c1-4-19(5-2)12-16-11(14)17-13(18-12)20-10-7-6-8-15-9(10)3/h6-8H,4-5H2,1-3H3. The van der Waals surface area contributed by atoms with Crippen LogP contribution in [-0.4, -0.2) is 33.0 Å². The Morgan fingerprint density at radius 2 is 1.95 bits per heavy atom. The maximum Gasteiger partial charge on any atom is 0.328 e. The van der Waals surface area contributed by atoms with Gasteiger partial charge in [0.25, 0.3) is 0 Å². The van der Waals surface area contributed by atoms with Gasteiger partial charge < -0.3 is 9.64 Å². The molecule has 0 spiro atoms. The molecule has 0 aliphatic rings. The first-order chi connectivity index (χ1) is 9.63. The van der Waals surface area contributed by atoms with Crippen molar-refractivity contribution in [2.24, 2.45) is 0 Å². The summed E-state index contributed by atoms with van der Waals surface area (Å²) < 4.78 is 5.63. The highest BCUT2D eigenvalue weighted by atomic mass is 35.5. The maximum atomic E-state index is 5.93. The van der Waals surface area contributed by atoms with E-state index in [1.807, 2.05) is 25.7 Å². The number of ether oxygens (including phenoxy) is 1. The van der Waals surface area contributed by atoms with E-state index in [2.05, 4.69) is 19.9 Å². The Kier molecular flexibility index (Phi) is 4.68. The second-order valence-electron chi connectivity index (χ2n) is 4.05. The highest BCUT2D eigenvalue weighted by Crippen LogP contribution is 2.22. The summed E-state index contributed by atoms with van der Waals surface area (Å²) in [5.74, 6) is 1.10. The molecule has 0 N–H and O–H groups in total. The summed E-state index contributed by atoms with van der Waals surface area (Å²) in [7, 11) is 0. The third-order valence-corrected chi connectivity index (χ3v) is 2.95. The smallest absolute Gasteiger partial charge is 0.328 e. The minimum absolute atomic E-state index is 0.110. The Bertz CT molecular complexity index is 589. The van der Waals surface area contributed by atoms with Crippen LogP contribution in [0.5, 0.6) is 11.8 Å². The summed E-state index contributed by atoms with van der Waals surface area (Å²) in [6, 6.07) is 3.76. The SMILES string of the molecule is CCN(CC)c1nc(Cl)nc(Oc2cccnc2C)n1. The monoisotopic (exact) mass is 293 g/mol. The molecule has 2 aromatic heterocycles. The quantitative estimate of drug-likeness (QED) is 0.844. The van der Waals surface area contributed by atoms with Gasteiger partial charge in [-0.05, 0) is 44.5 Å². The summed E-state index contributed by atoms with van der Waals surface area (Å²) in [6.45, 7) is 7.45. The van der Waals surface area contributed by atoms with E-state index in [9.17, 15) is 0 Å². The van der Waals surface area contributed by atoms with E-state index in [1.54, 1.807) is 18.3 Å². The highest BCUT2D eigenvalue weighted by molar-refractivity contribution is 6.28. The molecule has 2 aromatic rings. The fourth-order valence-electron chi connectivity index (χ4n) is 1.69. The van der Waals surface area contributed by atoms with Gasteiger partial charge in [-0.25, -0.2) is 0 Å². The van der Waals surface area contributed by atoms with E-state index in [0.29, 0.717) is 11.7 Å². The number of aromatic nitrogens is 4. The predicted octanol–water partition coefficient (Wildman–Crippen LogP) is 2.87. The lowest BCUT2D eigenvalue weighted by Crippen LogP contribution is -2.24. The average molecular weight is 294 g/mol. The first-order valence-corrected chi connectivity index (χ1v) is 6.77. The highest BCUT2D eigenvalue weighted by Gasteiger charge is 2.12. The van der Waals surface area contributed by atoms with Crippen LogP contribution in [0.15, 0.2) is 18.3 Å². The number of hydrogen-bond donors (Lipinski definition) is 0. The van der Waals surface area contributed by atoms with E-state index >= 15 is 0 Å². The fraction of sp³-hybridized carbons (Fsp3) is 0.385. The van der Waals surface area contributed by atoms with Gasteiger partial charge in [0.15, 0.2) is 5.75 Å². The van der Waals surface area contributed by atoms with Crippen LogP contribution in [0.25, 0.3) is 0 Å². The minimum Gasteiger partial charge on any atom is -0.422 e. The fourth-order valence-corrected chi connectivity index (χ4v) is 1.84. The molecule has 7 heteroatoms. The van der Waals surface area contributed by atoms with Crippen molar-refractivity contribution in [2.75, 3.05) is 18.0 Å². The summed E-state index contributed by atoms with van der Waals surface area (Å²) in [6.07, 6.45) is 1.70. The zero-order valence-electron chi connectivity index (χ0n) is 11.7.